The van der Waals surface area contributed by atoms with E-state index in [9.17, 15) is 18.0 Å². The molecule has 26 heavy (non-hydrogen) atoms. The van der Waals surface area contributed by atoms with Crippen LogP contribution in [0.2, 0.25) is 0 Å². The quantitative estimate of drug-likeness (QED) is 0.838. The van der Waals surface area contributed by atoms with Crippen LogP contribution in [0.1, 0.15) is 24.2 Å². The molecule has 0 saturated heterocycles. The summed E-state index contributed by atoms with van der Waals surface area (Å²) in [5.74, 6) is 0.330. The van der Waals surface area contributed by atoms with Gasteiger partial charge in [0.15, 0.2) is 0 Å². The molecule has 140 valence electrons. The van der Waals surface area contributed by atoms with Gasteiger partial charge in [-0.2, -0.15) is 13.2 Å². The van der Waals surface area contributed by atoms with Gasteiger partial charge >= 0.3 is 12.2 Å². The number of rotatable bonds is 4. The average Bonchev–Trinajstić information content (AvgIpc) is 3.08. The molecule has 0 spiro atoms. The monoisotopic (exact) mass is 367 g/mol. The lowest BCUT2D eigenvalue weighted by molar-refractivity contribution is -0.137. The Hall–Kier alpha value is -2.64. The predicted molar refractivity (Wildman–Crippen MR) is 89.9 cm³/mol. The van der Waals surface area contributed by atoms with E-state index in [0.717, 1.165) is 24.4 Å². The Morgan fingerprint density at radius 3 is 2.65 bits per heavy atom. The number of hydrogen-bond acceptors (Lipinski definition) is 2. The summed E-state index contributed by atoms with van der Waals surface area (Å²) in [6.45, 7) is 3.79. The number of nitrogens with one attached hydrogen (secondary N) is 1. The zero-order valence-electron chi connectivity index (χ0n) is 14.3. The molecule has 1 aromatic carbocycles. The van der Waals surface area contributed by atoms with Gasteiger partial charge in [0.1, 0.15) is 12.4 Å². The van der Waals surface area contributed by atoms with Gasteiger partial charge in [-0.15, -0.1) is 0 Å². The van der Waals surface area contributed by atoms with Gasteiger partial charge in [0.05, 0.1) is 18.2 Å². The van der Waals surface area contributed by atoms with E-state index in [1.165, 1.54) is 12.1 Å². The van der Waals surface area contributed by atoms with Crippen LogP contribution in [0.4, 0.5) is 18.0 Å². The van der Waals surface area contributed by atoms with Gasteiger partial charge in [-0.25, -0.2) is 4.79 Å². The summed E-state index contributed by atoms with van der Waals surface area (Å²) in [6, 6.07) is 8.24. The molecule has 1 aliphatic heterocycles. The molecule has 0 radical (unpaired) electrons. The van der Waals surface area contributed by atoms with E-state index in [0.29, 0.717) is 12.3 Å². The molecule has 1 aliphatic rings. The van der Waals surface area contributed by atoms with Crippen molar-refractivity contribution in [1.82, 2.24) is 14.8 Å². The molecule has 1 aromatic heterocycles. The van der Waals surface area contributed by atoms with Crippen molar-refractivity contribution in [2.75, 3.05) is 19.7 Å². The molecule has 0 fully saturated rings. The highest BCUT2D eigenvalue weighted by Crippen LogP contribution is 2.30. The van der Waals surface area contributed by atoms with Crippen molar-refractivity contribution in [3.63, 3.8) is 0 Å². The number of nitrogens with zero attached hydrogens (tertiary/aromatic N) is 2. The average molecular weight is 367 g/mol. The largest absolute Gasteiger partial charge is 0.492 e. The maximum Gasteiger partial charge on any atom is 0.416 e. The first-order valence-corrected chi connectivity index (χ1v) is 8.36. The fourth-order valence-corrected chi connectivity index (χ4v) is 3.02. The fraction of sp³-hybridized carbons (Fsp3) is 0.389. The fourth-order valence-electron chi connectivity index (χ4n) is 3.02. The first-order valence-electron chi connectivity index (χ1n) is 8.36. The van der Waals surface area contributed by atoms with Crippen LogP contribution in [0.3, 0.4) is 0 Å². The second kappa shape index (κ2) is 7.31. The summed E-state index contributed by atoms with van der Waals surface area (Å²) in [5, 5.41) is 2.78. The van der Waals surface area contributed by atoms with Gasteiger partial charge < -0.3 is 19.5 Å². The second-order valence-corrected chi connectivity index (χ2v) is 6.10. The minimum absolute atomic E-state index is 0.0189. The molecule has 3 rings (SSSR count). The second-order valence-electron chi connectivity index (χ2n) is 6.10. The molecular weight excluding hydrogens is 347 g/mol. The maximum absolute atomic E-state index is 12.5. The summed E-state index contributed by atoms with van der Waals surface area (Å²) < 4.78 is 45.0. The Labute approximate surface area is 149 Å². The van der Waals surface area contributed by atoms with Crippen LogP contribution < -0.4 is 10.1 Å². The Kier molecular flexibility index (Phi) is 5.11. The van der Waals surface area contributed by atoms with Crippen LogP contribution in [0.15, 0.2) is 42.6 Å². The predicted octanol–water partition coefficient (Wildman–Crippen LogP) is 3.67. The van der Waals surface area contributed by atoms with Gasteiger partial charge in [-0.3, -0.25) is 0 Å². The lowest BCUT2D eigenvalue weighted by Gasteiger charge is -2.34. The van der Waals surface area contributed by atoms with Crippen molar-refractivity contribution in [2.24, 2.45) is 0 Å². The van der Waals surface area contributed by atoms with E-state index in [4.69, 9.17) is 4.74 Å². The Morgan fingerprint density at radius 1 is 1.23 bits per heavy atom. The number of ether oxygens (including phenoxy) is 1. The van der Waals surface area contributed by atoms with Gasteiger partial charge in [0.2, 0.25) is 0 Å². The highest BCUT2D eigenvalue weighted by atomic mass is 19.4. The van der Waals surface area contributed by atoms with Crippen LogP contribution in [0, 0.1) is 0 Å². The molecule has 2 heterocycles. The normalized spacial score (nSPS) is 16.9. The lowest BCUT2D eigenvalue weighted by atomic mass is 10.1. The lowest BCUT2D eigenvalue weighted by Crippen LogP contribution is -2.46. The van der Waals surface area contributed by atoms with E-state index in [-0.39, 0.29) is 25.2 Å². The number of urea groups is 1. The van der Waals surface area contributed by atoms with E-state index in [1.54, 1.807) is 4.90 Å². The number of alkyl halides is 3. The molecule has 1 unspecified atom stereocenters. The van der Waals surface area contributed by atoms with Crippen molar-refractivity contribution in [3.8, 4) is 5.75 Å². The third kappa shape index (κ3) is 3.95. The standard InChI is InChI=1S/C18H20F3N3O2/c1-13-16-3-2-9-23(16)10-11-24(13)17(25)22-8-12-26-15-6-4-14(5-7-15)18(19,20)21/h2-7,9,13H,8,10-12H2,1H3,(H,22,25). The molecule has 1 atom stereocenters. The van der Waals surface area contributed by atoms with Crippen LogP contribution in [0.5, 0.6) is 5.75 Å². The van der Waals surface area contributed by atoms with Crippen molar-refractivity contribution < 1.29 is 22.7 Å². The van der Waals surface area contributed by atoms with Crippen molar-refractivity contribution in [1.29, 1.82) is 0 Å². The van der Waals surface area contributed by atoms with E-state index in [2.05, 4.69) is 9.88 Å². The first kappa shape index (κ1) is 18.2. The summed E-state index contributed by atoms with van der Waals surface area (Å²) in [7, 11) is 0. The summed E-state index contributed by atoms with van der Waals surface area (Å²) in [6.07, 6.45) is -2.36. The third-order valence-corrected chi connectivity index (χ3v) is 4.43. The van der Waals surface area contributed by atoms with Crippen LogP contribution in [-0.4, -0.2) is 35.2 Å². The number of hydrogen-bond donors (Lipinski definition) is 1. The molecule has 1 N–H and O–H groups in total. The first-order chi connectivity index (χ1) is 12.4. The zero-order valence-corrected chi connectivity index (χ0v) is 14.3. The van der Waals surface area contributed by atoms with Gasteiger partial charge in [-0.05, 0) is 43.3 Å². The van der Waals surface area contributed by atoms with Crippen LogP contribution in [-0.2, 0) is 12.7 Å². The molecule has 8 heteroatoms. The van der Waals surface area contributed by atoms with Crippen molar-refractivity contribution in [3.05, 3.63) is 53.9 Å². The van der Waals surface area contributed by atoms with Gasteiger partial charge in [-0.1, -0.05) is 0 Å². The molecular formula is C18H20F3N3O2. The molecule has 0 aliphatic carbocycles. The zero-order chi connectivity index (χ0) is 18.7. The van der Waals surface area contributed by atoms with Crippen molar-refractivity contribution in [2.45, 2.75) is 25.7 Å². The highest BCUT2D eigenvalue weighted by molar-refractivity contribution is 5.74. The summed E-state index contributed by atoms with van der Waals surface area (Å²) in [4.78, 5) is 14.1. The number of halogens is 3. The van der Waals surface area contributed by atoms with Gasteiger partial charge in [0.25, 0.3) is 0 Å². The van der Waals surface area contributed by atoms with Gasteiger partial charge in [0, 0.05) is 25.0 Å². The summed E-state index contributed by atoms with van der Waals surface area (Å²) in [5.41, 5.74) is 0.370. The molecule has 2 amide bonds. The van der Waals surface area contributed by atoms with E-state index >= 15 is 0 Å². The number of carbonyl (C=O) groups excluding carboxylic acids is 1. The third-order valence-electron chi connectivity index (χ3n) is 4.43. The number of benzene rings is 1. The Bertz CT molecular complexity index is 756. The Balaban J connectivity index is 1.44. The highest BCUT2D eigenvalue weighted by Gasteiger charge is 2.30. The number of carbonyl (C=O) groups is 1. The molecule has 2 aromatic rings. The topological polar surface area (TPSA) is 46.5 Å². The molecule has 0 bridgehead atoms. The molecule has 5 nitrogen and oxygen atoms in total. The smallest absolute Gasteiger partial charge is 0.416 e. The number of aromatic nitrogens is 1. The van der Waals surface area contributed by atoms with E-state index < -0.39 is 11.7 Å². The minimum Gasteiger partial charge on any atom is -0.492 e. The number of fused-ring (bicyclic) bond motifs is 1. The van der Waals surface area contributed by atoms with Crippen LogP contribution >= 0.6 is 0 Å². The number of amides is 2. The van der Waals surface area contributed by atoms with Crippen molar-refractivity contribution >= 4 is 6.03 Å². The Morgan fingerprint density at radius 2 is 1.96 bits per heavy atom. The van der Waals surface area contributed by atoms with Crippen LogP contribution in [0.25, 0.3) is 0 Å². The van der Waals surface area contributed by atoms with E-state index in [1.807, 2.05) is 25.3 Å². The molecule has 0 saturated carbocycles. The minimum atomic E-state index is -4.36. The SMILES string of the molecule is CC1c2cccn2CCN1C(=O)NCCOc1ccc(C(F)(F)F)cc1. The maximum atomic E-state index is 12.5. The summed E-state index contributed by atoms with van der Waals surface area (Å²) >= 11 is 0.